The summed E-state index contributed by atoms with van der Waals surface area (Å²) in [4.78, 5) is 70.0. The fourth-order valence-corrected chi connectivity index (χ4v) is 17.8. The maximum atomic E-state index is 12.4. The van der Waals surface area contributed by atoms with Crippen LogP contribution in [0.4, 0.5) is 13.2 Å². The number of benzene rings is 5. The number of allylic oxidation sites excluding steroid dienone is 1. The van der Waals surface area contributed by atoms with Gasteiger partial charge in [0.15, 0.2) is 0 Å². The standard InChI is InChI=1S/C24H37BO4.C19H25F3O5S.C18H26O3.C18H24O3.C12H14O2.C8H17O5P.C6H12BO2/c1-22(2,3)27-21(26)16-17-8-10-18(11-9-17)19-12-14-20(15-13-19)25-28-23(4,5)24(6,7)29-25;1-18(2,3)26-17(23)12-13-4-6-14(7-5-13)15-8-10-16(11-9-15)27-28(24,25)19(20,21)22;2*1-18(2,3)21-17(20)12-13-4-6-14(7-5-13)15-8-10-16(19)11-9-15;13-11-5-1-9(2-6-11)10-3-7-12(14)8-4-10;1-8(2,3)13-7(9)6-14(10,11-4)12-5;1-5(2)6(3,4)9-7-8-5/h12-15,17-18H,8-11,16H2,1-7H3;8-11,13-14H,4-7,12H2,1-3H3;8-11,13-14,19H,4-7,12H2,1-3H3;8-12,14,19H,4-7H2,1-3H3;1-2,5-6,10,13H,3-4,7-8H2;6H2,1-5H3;1-4H3. The Morgan fingerprint density at radius 3 is 0.956 bits per heavy atom. The SMILES string of the molecule is CC(C)(C)OC(=O)C=C1CCC(c2ccc(O)cc2)CC1.CC(C)(C)OC(=O)CC1CCC(c2ccc(B3OC(C)(C)C(C)(C)O3)cc2)CC1.CC(C)(C)OC(=O)CC1CCC(c2ccc(O)cc2)CC1.CC(C)(C)OC(=O)CC1CCC(c2ccc(OS(=O)(=O)C(F)(F)F)cc2)CC1.CC1(C)O[B]OC1(C)C.COP(=O)(CC(=O)OC(C)(C)C)OC.O=C1CCC(c2ccc(O)cc2)CC1. The van der Waals surface area contributed by atoms with Gasteiger partial charge in [0, 0.05) is 52.4 Å². The van der Waals surface area contributed by atoms with Gasteiger partial charge in [-0.15, -0.1) is 0 Å². The highest BCUT2D eigenvalue weighted by atomic mass is 32.2. The number of carbonyl (C=O) groups is 6. The summed E-state index contributed by atoms with van der Waals surface area (Å²) in [6.45, 7) is 44.2. The number of esters is 5. The van der Waals surface area contributed by atoms with E-state index < -0.39 is 51.6 Å². The molecule has 5 aliphatic carbocycles. The second kappa shape index (κ2) is 50.4. The van der Waals surface area contributed by atoms with E-state index in [1.807, 2.05) is 147 Å². The lowest BCUT2D eigenvalue weighted by Crippen LogP contribution is -2.41. The molecule has 136 heavy (non-hydrogen) atoms. The molecule has 0 unspecified atom stereocenters. The molecule has 2 saturated heterocycles. The van der Waals surface area contributed by atoms with Crippen molar-refractivity contribution in [3.63, 3.8) is 0 Å². The predicted molar refractivity (Wildman–Crippen MR) is 524 cm³/mol. The van der Waals surface area contributed by atoms with Crippen LogP contribution in [0.3, 0.4) is 0 Å². The molecule has 0 spiro atoms. The lowest BCUT2D eigenvalue weighted by molar-refractivity contribution is -0.157. The monoisotopic (exact) mass is 1940 g/mol. The highest BCUT2D eigenvalue weighted by molar-refractivity contribution is 7.88. The Balaban J connectivity index is 0.000000250. The van der Waals surface area contributed by atoms with Crippen LogP contribution in [0.1, 0.15) is 364 Å². The fourth-order valence-electron chi connectivity index (χ4n) is 16.6. The van der Waals surface area contributed by atoms with Gasteiger partial charge in [0.2, 0.25) is 0 Å². The van der Waals surface area contributed by atoms with E-state index in [-0.39, 0.29) is 82.7 Å². The van der Waals surface area contributed by atoms with Gasteiger partial charge in [-0.05, 0) is 404 Å². The van der Waals surface area contributed by atoms with E-state index in [4.69, 9.17) is 47.4 Å². The first-order valence-corrected chi connectivity index (χ1v) is 51.0. The molecule has 7 aliphatic rings. The maximum absolute atomic E-state index is 12.4. The van der Waals surface area contributed by atoms with Crippen LogP contribution in [0.15, 0.2) is 133 Å². The van der Waals surface area contributed by atoms with Crippen molar-refractivity contribution in [3.8, 4) is 23.0 Å². The van der Waals surface area contributed by atoms with Gasteiger partial charge in [0.05, 0.1) is 22.4 Å². The predicted octanol–water partition coefficient (Wildman–Crippen LogP) is 24.2. The van der Waals surface area contributed by atoms with Crippen LogP contribution >= 0.6 is 7.60 Å². The molecule has 0 aromatic heterocycles. The van der Waals surface area contributed by atoms with E-state index in [0.29, 0.717) is 90.6 Å². The van der Waals surface area contributed by atoms with Gasteiger partial charge in [-0.25, -0.2) is 4.79 Å². The Bertz CT molecular complexity index is 4730. The van der Waals surface area contributed by atoms with Gasteiger partial charge >= 0.3 is 67.9 Å². The van der Waals surface area contributed by atoms with E-state index in [1.54, 1.807) is 75.4 Å². The second-order valence-corrected chi connectivity index (χ2v) is 47.4. The molecule has 2 aliphatic heterocycles. The average molecular weight is 1940 g/mol. The first kappa shape index (κ1) is 117. The van der Waals surface area contributed by atoms with Gasteiger partial charge < -0.3 is 70.9 Å². The number of aromatic hydroxyl groups is 3. The number of carbonyl (C=O) groups excluding carboxylic acids is 6. The van der Waals surface area contributed by atoms with Gasteiger partial charge in [0.25, 0.3) is 0 Å². The molecular weight excluding hydrogens is 1790 g/mol. The molecule has 0 amide bonds. The van der Waals surface area contributed by atoms with E-state index in [2.05, 4.69) is 65.2 Å². The normalized spacial score (nSPS) is 21.6. The van der Waals surface area contributed by atoms with Gasteiger partial charge in [0.1, 0.15) is 62.9 Å². The minimum Gasteiger partial charge on any atom is -0.508 e. The Hall–Kier alpha value is -8.08. The van der Waals surface area contributed by atoms with E-state index in [0.717, 1.165) is 127 Å². The van der Waals surface area contributed by atoms with Crippen LogP contribution < -0.4 is 9.65 Å². The van der Waals surface area contributed by atoms with Crippen LogP contribution in [0.2, 0.25) is 0 Å². The molecule has 1 radical (unpaired) electrons. The van der Waals surface area contributed by atoms with E-state index in [1.165, 1.54) is 61.9 Å². The quantitative estimate of drug-likeness (QED) is 0.0131. The molecule has 31 heteroatoms. The molecule has 5 aromatic carbocycles. The molecule has 0 atom stereocenters. The smallest absolute Gasteiger partial charge is 0.508 e. The first-order chi connectivity index (χ1) is 62.7. The molecule has 5 saturated carbocycles. The third-order valence-electron chi connectivity index (χ3n) is 25.4. The highest BCUT2D eigenvalue weighted by Gasteiger charge is 2.52. The summed E-state index contributed by atoms with van der Waals surface area (Å²) < 4.78 is 133. The summed E-state index contributed by atoms with van der Waals surface area (Å²) in [5.74, 6) is 3.29. The molecule has 0 bridgehead atoms. The van der Waals surface area contributed by atoms with Crippen molar-refractivity contribution in [2.45, 2.75) is 392 Å². The number of ether oxygens (including phenoxy) is 5. The Morgan fingerprint density at radius 1 is 0.412 bits per heavy atom. The molecule has 5 aromatic rings. The van der Waals surface area contributed by atoms with Crippen molar-refractivity contribution in [1.82, 2.24) is 0 Å². The number of ketones is 1. The molecule has 3 N–H and O–H groups in total. The van der Waals surface area contributed by atoms with Crippen LogP contribution in [0, 0.1) is 17.8 Å². The Labute approximate surface area is 809 Å². The number of Topliss-reactive ketones (excluding diaryl/α,β-unsaturated/α-hetero) is 1. The number of halogens is 3. The second-order valence-electron chi connectivity index (χ2n) is 43.6. The molecule has 24 nitrogen and oxygen atoms in total. The maximum Gasteiger partial charge on any atom is 0.534 e. The van der Waals surface area contributed by atoms with Gasteiger partial charge in [-0.2, -0.15) is 21.6 Å². The molecular formula is C105H155B2F3O24PS. The lowest BCUT2D eigenvalue weighted by atomic mass is 9.75. The third kappa shape index (κ3) is 41.4. The van der Waals surface area contributed by atoms with Crippen molar-refractivity contribution >= 4 is 73.6 Å². The van der Waals surface area contributed by atoms with Crippen molar-refractivity contribution < 1.29 is 126 Å². The van der Waals surface area contributed by atoms with Crippen molar-refractivity contribution in [2.24, 2.45) is 17.8 Å². The lowest BCUT2D eigenvalue weighted by Gasteiger charge is -2.32. The zero-order valence-corrected chi connectivity index (χ0v) is 87.0. The number of rotatable bonds is 19. The topological polar surface area (TPSA) is 325 Å². The number of hydrogen-bond acceptors (Lipinski definition) is 24. The van der Waals surface area contributed by atoms with Crippen LogP contribution in [-0.4, -0.2) is 150 Å². The summed E-state index contributed by atoms with van der Waals surface area (Å²) in [7, 11) is -5.39. The Morgan fingerprint density at radius 2 is 0.684 bits per heavy atom. The first-order valence-electron chi connectivity index (χ1n) is 47.9. The van der Waals surface area contributed by atoms with Crippen LogP contribution in [0.5, 0.6) is 23.0 Å². The molecule has 2 heterocycles. The number of phenolic OH excluding ortho intramolecular Hbond substituents is 3. The molecule has 757 valence electrons. The molecule has 12 rings (SSSR count). The fraction of sp³-hybridized carbons (Fsp3) is 0.638. The summed E-state index contributed by atoms with van der Waals surface area (Å²) in [6, 6.07) is 36.7. The minimum absolute atomic E-state index is 0.0623. The highest BCUT2D eigenvalue weighted by Crippen LogP contribution is 2.48. The number of alkyl halides is 3. The largest absolute Gasteiger partial charge is 0.534 e. The summed E-state index contributed by atoms with van der Waals surface area (Å²) >= 11 is 0. The van der Waals surface area contributed by atoms with Crippen molar-refractivity contribution in [3.05, 3.63) is 161 Å². The van der Waals surface area contributed by atoms with E-state index in [9.17, 15) is 65.1 Å². The van der Waals surface area contributed by atoms with Crippen molar-refractivity contribution in [1.29, 1.82) is 0 Å². The van der Waals surface area contributed by atoms with E-state index >= 15 is 0 Å². The zero-order chi connectivity index (χ0) is 102. The van der Waals surface area contributed by atoms with Gasteiger partial charge in [-0.3, -0.25) is 28.5 Å². The summed E-state index contributed by atoms with van der Waals surface area (Å²) in [6.07, 6.45) is 22.3. The minimum atomic E-state index is -5.66. The molecule has 7 fully saturated rings. The van der Waals surface area contributed by atoms with Gasteiger partial charge in [-0.1, -0.05) is 78.4 Å². The third-order valence-corrected chi connectivity index (χ3v) is 28.1. The number of hydrogen-bond donors (Lipinski definition) is 3. The van der Waals surface area contributed by atoms with Crippen molar-refractivity contribution in [2.75, 3.05) is 20.4 Å². The Kier molecular flexibility index (Phi) is 43.2. The average Bonchev–Trinajstić information content (AvgIpc) is 1.27. The summed E-state index contributed by atoms with van der Waals surface area (Å²) in [5.41, 5.74) is -0.433. The number of phenols is 3. The zero-order valence-electron chi connectivity index (χ0n) is 85.3. The summed E-state index contributed by atoms with van der Waals surface area (Å²) in [5, 5.41) is 27.8. The van der Waals surface area contributed by atoms with Crippen LogP contribution in [-0.2, 0) is 94.8 Å². The van der Waals surface area contributed by atoms with Crippen LogP contribution in [0.25, 0.3) is 0 Å².